The predicted molar refractivity (Wildman–Crippen MR) is 68.0 cm³/mol. The van der Waals surface area contributed by atoms with Crippen LogP contribution in [-0.4, -0.2) is 15.0 Å². The van der Waals surface area contributed by atoms with Gasteiger partial charge in [-0.1, -0.05) is 28.7 Å². The molecule has 0 fully saturated rings. The van der Waals surface area contributed by atoms with Gasteiger partial charge in [-0.3, -0.25) is 4.98 Å². The number of aromatic nitrogens is 3. The van der Waals surface area contributed by atoms with Gasteiger partial charge in [-0.05, 0) is 6.07 Å². The van der Waals surface area contributed by atoms with Crippen molar-refractivity contribution >= 4 is 22.6 Å². The Hall–Kier alpha value is -1.25. The Morgan fingerprint density at radius 3 is 2.00 bits per heavy atom. The molecule has 0 saturated heterocycles. The van der Waals surface area contributed by atoms with Gasteiger partial charge in [-0.15, -0.1) is 0 Å². The Morgan fingerprint density at radius 2 is 1.56 bits per heavy atom. The summed E-state index contributed by atoms with van der Waals surface area (Å²) in [4.78, 5) is 11.5. The van der Waals surface area contributed by atoms with E-state index in [0.717, 1.165) is 6.07 Å². The van der Waals surface area contributed by atoms with Gasteiger partial charge in [0.05, 0.1) is 4.43 Å². The molecule has 18 heavy (non-hydrogen) atoms. The number of rotatable bonds is 2. The molecular weight excluding hydrogens is 358 g/mol. The minimum atomic E-state index is -4.42. The molecule has 2 aromatic heterocycles. The molecule has 0 spiro atoms. The van der Waals surface area contributed by atoms with Gasteiger partial charge in [0, 0.05) is 29.7 Å². The smallest absolute Gasteiger partial charge is 0.251 e. The summed E-state index contributed by atoms with van der Waals surface area (Å²) < 4.78 is 37.7. The summed E-state index contributed by atoms with van der Waals surface area (Å²) in [5.41, 5.74) is 0.295. The van der Waals surface area contributed by atoms with E-state index in [0.29, 0.717) is 21.4 Å². The second kappa shape index (κ2) is 5.17. The lowest BCUT2D eigenvalue weighted by Gasteiger charge is -2.06. The molecule has 0 aliphatic rings. The Labute approximate surface area is 115 Å². The molecule has 2 aromatic rings. The lowest BCUT2D eigenvalue weighted by Crippen LogP contribution is -2.07. The van der Waals surface area contributed by atoms with Gasteiger partial charge in [0.25, 0.3) is 0 Å². The minimum absolute atomic E-state index is 0.558. The minimum Gasteiger partial charge on any atom is -0.251 e. The second-order valence-electron chi connectivity index (χ2n) is 3.45. The largest absolute Gasteiger partial charge is 0.433 e. The molecule has 0 saturated carbocycles. The standard InChI is InChI=1S/C11H7F3IN3/c12-11(13,14)9-2-1-7(4-16-9)8-5-17-10(3-15)18-6-8/h1-2,4-6H,3H2. The van der Waals surface area contributed by atoms with E-state index < -0.39 is 11.9 Å². The maximum absolute atomic E-state index is 12.3. The first-order valence-corrected chi connectivity index (χ1v) is 6.44. The number of halogens is 4. The molecule has 2 rings (SSSR count). The maximum Gasteiger partial charge on any atom is 0.433 e. The van der Waals surface area contributed by atoms with Crippen molar-refractivity contribution in [3.05, 3.63) is 42.2 Å². The van der Waals surface area contributed by atoms with E-state index in [9.17, 15) is 13.2 Å². The van der Waals surface area contributed by atoms with Crippen molar-refractivity contribution < 1.29 is 13.2 Å². The van der Waals surface area contributed by atoms with Gasteiger partial charge in [0.15, 0.2) is 0 Å². The molecule has 0 bridgehead atoms. The fourth-order valence-corrected chi connectivity index (χ4v) is 1.70. The lowest BCUT2D eigenvalue weighted by atomic mass is 10.1. The summed E-state index contributed by atoms with van der Waals surface area (Å²) in [7, 11) is 0. The molecule has 0 amide bonds. The van der Waals surface area contributed by atoms with E-state index >= 15 is 0 Å². The SMILES string of the molecule is FC(F)(F)c1ccc(-c2cnc(CI)nc2)cn1. The summed E-state index contributed by atoms with van der Waals surface area (Å²) in [6, 6.07) is 2.31. The highest BCUT2D eigenvalue weighted by Gasteiger charge is 2.32. The fourth-order valence-electron chi connectivity index (χ4n) is 1.31. The summed E-state index contributed by atoms with van der Waals surface area (Å²) >= 11 is 2.13. The van der Waals surface area contributed by atoms with Gasteiger partial charge < -0.3 is 0 Å². The van der Waals surface area contributed by atoms with Crippen LogP contribution in [0.5, 0.6) is 0 Å². The molecule has 0 atom stereocenters. The Kier molecular flexibility index (Phi) is 3.79. The molecule has 0 aliphatic carbocycles. The summed E-state index contributed by atoms with van der Waals surface area (Å²) in [6.07, 6.45) is -0.0954. The van der Waals surface area contributed by atoms with E-state index in [4.69, 9.17) is 0 Å². The molecule has 7 heteroatoms. The van der Waals surface area contributed by atoms with Crippen molar-refractivity contribution in [2.75, 3.05) is 0 Å². The van der Waals surface area contributed by atoms with Crippen molar-refractivity contribution in [2.24, 2.45) is 0 Å². The first kappa shape index (κ1) is 13.2. The van der Waals surface area contributed by atoms with Crippen LogP contribution in [0.25, 0.3) is 11.1 Å². The van der Waals surface area contributed by atoms with E-state index in [1.807, 2.05) is 0 Å². The highest BCUT2D eigenvalue weighted by molar-refractivity contribution is 14.1. The third kappa shape index (κ3) is 2.95. The van der Waals surface area contributed by atoms with Gasteiger partial charge in [-0.25, -0.2) is 9.97 Å². The van der Waals surface area contributed by atoms with Gasteiger partial charge in [0.1, 0.15) is 11.5 Å². The van der Waals surface area contributed by atoms with E-state index in [2.05, 4.69) is 37.5 Å². The molecule has 94 valence electrons. The molecule has 2 heterocycles. The van der Waals surface area contributed by atoms with Gasteiger partial charge >= 0.3 is 6.18 Å². The first-order chi connectivity index (χ1) is 8.50. The zero-order valence-electron chi connectivity index (χ0n) is 8.95. The molecule has 3 nitrogen and oxygen atoms in total. The molecule has 0 unspecified atom stereocenters. The highest BCUT2D eigenvalue weighted by Crippen LogP contribution is 2.28. The van der Waals surface area contributed by atoms with Gasteiger partial charge in [-0.2, -0.15) is 13.2 Å². The maximum atomic E-state index is 12.3. The predicted octanol–water partition coefficient (Wildman–Crippen LogP) is 3.49. The molecule has 0 aliphatic heterocycles. The number of nitrogens with zero attached hydrogens (tertiary/aromatic N) is 3. The third-order valence-corrected chi connectivity index (χ3v) is 2.89. The van der Waals surface area contributed by atoms with Crippen LogP contribution < -0.4 is 0 Å². The second-order valence-corrected chi connectivity index (χ2v) is 4.21. The Morgan fingerprint density at radius 1 is 0.944 bits per heavy atom. The van der Waals surface area contributed by atoms with Crippen molar-refractivity contribution in [1.29, 1.82) is 0 Å². The van der Waals surface area contributed by atoms with Crippen molar-refractivity contribution in [3.8, 4) is 11.1 Å². The zero-order chi connectivity index (χ0) is 13.2. The van der Waals surface area contributed by atoms with Crippen LogP contribution in [0.2, 0.25) is 0 Å². The highest BCUT2D eigenvalue weighted by atomic mass is 127. The van der Waals surface area contributed by atoms with Crippen LogP contribution in [0.3, 0.4) is 0 Å². The average molecular weight is 365 g/mol. The third-order valence-electron chi connectivity index (χ3n) is 2.21. The molecule has 0 N–H and O–H groups in total. The number of alkyl halides is 4. The van der Waals surface area contributed by atoms with Crippen molar-refractivity contribution in [2.45, 2.75) is 10.6 Å². The van der Waals surface area contributed by atoms with Crippen LogP contribution in [-0.2, 0) is 10.6 Å². The van der Waals surface area contributed by atoms with Crippen LogP contribution in [0.1, 0.15) is 11.5 Å². The van der Waals surface area contributed by atoms with Crippen LogP contribution in [0.4, 0.5) is 13.2 Å². The quantitative estimate of drug-likeness (QED) is 0.604. The van der Waals surface area contributed by atoms with Gasteiger partial charge in [0.2, 0.25) is 0 Å². The Bertz CT molecular complexity index is 523. The fraction of sp³-hybridized carbons (Fsp3) is 0.182. The monoisotopic (exact) mass is 365 g/mol. The van der Waals surface area contributed by atoms with Crippen LogP contribution in [0, 0.1) is 0 Å². The normalized spacial score (nSPS) is 11.6. The zero-order valence-corrected chi connectivity index (χ0v) is 11.1. The number of hydrogen-bond donors (Lipinski definition) is 0. The summed E-state index contributed by atoms with van der Waals surface area (Å²) in [5.74, 6) is 0.680. The topological polar surface area (TPSA) is 38.7 Å². The first-order valence-electron chi connectivity index (χ1n) is 4.91. The summed E-state index contributed by atoms with van der Waals surface area (Å²) in [5, 5.41) is 0. The van der Waals surface area contributed by atoms with Crippen LogP contribution in [0.15, 0.2) is 30.7 Å². The lowest BCUT2D eigenvalue weighted by molar-refractivity contribution is -0.141. The van der Waals surface area contributed by atoms with E-state index in [1.165, 1.54) is 12.3 Å². The van der Waals surface area contributed by atoms with E-state index in [1.54, 1.807) is 12.4 Å². The van der Waals surface area contributed by atoms with E-state index in [-0.39, 0.29) is 0 Å². The summed E-state index contributed by atoms with van der Waals surface area (Å²) in [6.45, 7) is 0. The number of hydrogen-bond acceptors (Lipinski definition) is 3. The Balaban J connectivity index is 2.28. The molecular formula is C11H7F3IN3. The average Bonchev–Trinajstić information content (AvgIpc) is 2.38. The van der Waals surface area contributed by atoms with Crippen molar-refractivity contribution in [3.63, 3.8) is 0 Å². The van der Waals surface area contributed by atoms with Crippen molar-refractivity contribution in [1.82, 2.24) is 15.0 Å². The molecule has 0 aromatic carbocycles. The number of pyridine rings is 1. The molecule has 0 radical (unpaired) electrons. The van der Waals surface area contributed by atoms with Crippen LogP contribution >= 0.6 is 22.6 Å².